The summed E-state index contributed by atoms with van der Waals surface area (Å²) >= 11 is 3.41. The average molecular weight is 723 g/mol. The number of thiazole rings is 2. The largest absolute Gasteiger partial charge is 0.236 e. The van der Waals surface area contributed by atoms with Gasteiger partial charge in [0.1, 0.15) is 10.0 Å². The Bertz CT molecular complexity index is 2940. The number of nitrogens with zero attached hydrogens (tertiary/aromatic N) is 4. The van der Waals surface area contributed by atoms with E-state index in [1.54, 1.807) is 28.7 Å². The molecular weight excluding hydrogens is 697 g/mol. The first-order valence-corrected chi connectivity index (χ1v) is 19.1. The Labute approximate surface area is 319 Å². The van der Waals surface area contributed by atoms with Gasteiger partial charge < -0.3 is 0 Å². The van der Waals surface area contributed by atoms with Crippen LogP contribution in [0.15, 0.2) is 158 Å². The molecule has 10 rings (SSSR count). The molecule has 0 radical (unpaired) electrons. The summed E-state index contributed by atoms with van der Waals surface area (Å²) in [6.07, 6.45) is 0. The van der Waals surface area contributed by atoms with Crippen LogP contribution in [0.1, 0.15) is 11.1 Å². The maximum atomic E-state index is 9.90. The van der Waals surface area contributed by atoms with Crippen molar-refractivity contribution in [1.29, 1.82) is 10.5 Å². The number of rotatable bonds is 5. The van der Waals surface area contributed by atoms with Crippen molar-refractivity contribution in [3.63, 3.8) is 0 Å². The zero-order valence-corrected chi connectivity index (χ0v) is 30.2. The van der Waals surface area contributed by atoms with Gasteiger partial charge in [-0.05, 0) is 116 Å². The van der Waals surface area contributed by atoms with Crippen molar-refractivity contribution in [1.82, 2.24) is 9.97 Å². The number of fused-ring (bicyclic) bond motifs is 4. The molecule has 0 N–H and O–H groups in total. The van der Waals surface area contributed by atoms with Crippen LogP contribution in [0.5, 0.6) is 0 Å². The molecule has 0 amide bonds. The summed E-state index contributed by atoms with van der Waals surface area (Å²) < 4.78 is 2.33. The van der Waals surface area contributed by atoms with Gasteiger partial charge in [-0.1, -0.05) is 97.1 Å². The second kappa shape index (κ2) is 12.9. The van der Waals surface area contributed by atoms with Gasteiger partial charge in [0.25, 0.3) is 0 Å². The number of benzene rings is 8. The summed E-state index contributed by atoms with van der Waals surface area (Å²) in [5.41, 5.74) is 11.1. The van der Waals surface area contributed by atoms with E-state index in [1.807, 2.05) is 24.3 Å². The smallest absolute Gasteiger partial charge is 0.125 e. The van der Waals surface area contributed by atoms with Crippen molar-refractivity contribution < 1.29 is 0 Å². The van der Waals surface area contributed by atoms with Crippen LogP contribution in [-0.4, -0.2) is 9.97 Å². The first-order chi connectivity index (χ1) is 26.6. The number of hydrogen-bond donors (Lipinski definition) is 0. The quantitative estimate of drug-likeness (QED) is 0.177. The first kappa shape index (κ1) is 31.7. The van der Waals surface area contributed by atoms with E-state index in [-0.39, 0.29) is 0 Å². The zero-order chi connectivity index (χ0) is 36.2. The minimum Gasteiger partial charge on any atom is -0.236 e. The molecule has 0 spiro atoms. The predicted octanol–water partition coefficient (Wildman–Crippen LogP) is 13.3. The van der Waals surface area contributed by atoms with Gasteiger partial charge in [-0.3, -0.25) is 0 Å². The van der Waals surface area contributed by atoms with Crippen LogP contribution in [0.4, 0.5) is 0 Å². The number of nitriles is 2. The highest BCUT2D eigenvalue weighted by atomic mass is 32.1. The minimum atomic E-state index is 0.451. The molecule has 0 saturated heterocycles. The molecule has 0 unspecified atom stereocenters. The lowest BCUT2D eigenvalue weighted by Gasteiger charge is -2.16. The van der Waals surface area contributed by atoms with Gasteiger partial charge in [-0.25, -0.2) is 9.97 Å². The maximum absolute atomic E-state index is 9.90. The second-order valence-corrected chi connectivity index (χ2v) is 15.3. The Morgan fingerprint density at radius 3 is 1.19 bits per heavy atom. The third-order valence-corrected chi connectivity index (χ3v) is 12.1. The van der Waals surface area contributed by atoms with Crippen LogP contribution < -0.4 is 0 Å². The maximum Gasteiger partial charge on any atom is 0.125 e. The molecule has 0 saturated carbocycles. The fraction of sp³-hybridized carbons (Fsp3) is 0. The van der Waals surface area contributed by atoms with Crippen LogP contribution in [0.25, 0.3) is 96.5 Å². The molecule has 0 aliphatic carbocycles. The molecule has 4 nitrogen and oxygen atoms in total. The van der Waals surface area contributed by atoms with Gasteiger partial charge in [0.15, 0.2) is 0 Å². The summed E-state index contributed by atoms with van der Waals surface area (Å²) in [6.45, 7) is 0. The van der Waals surface area contributed by atoms with Crippen LogP contribution in [0, 0.1) is 22.7 Å². The molecule has 250 valence electrons. The molecule has 0 fully saturated rings. The summed E-state index contributed by atoms with van der Waals surface area (Å²) in [4.78, 5) is 10.0. The molecule has 2 heterocycles. The third-order valence-electron chi connectivity index (χ3n) is 9.98. The van der Waals surface area contributed by atoms with E-state index in [9.17, 15) is 10.5 Å². The predicted molar refractivity (Wildman–Crippen MR) is 224 cm³/mol. The standard InChI is InChI=1S/C48H26N4S2/c49-27-29-21-30(28-50)23-31(22-29)32-24-33(35-17-19-41(39-11-3-1-9-37(35)39)47-51-43-13-5-7-15-45(43)53-47)26-34(25-32)36-18-20-42(40-12-4-2-10-38(36)40)48-52-44-14-6-8-16-46(44)54-48/h1-26H. The molecule has 0 aliphatic heterocycles. The van der Waals surface area contributed by atoms with Crippen molar-refractivity contribution in [2.45, 2.75) is 0 Å². The molecule has 54 heavy (non-hydrogen) atoms. The SMILES string of the molecule is N#Cc1cc(C#N)cc(-c2cc(-c3ccc(-c4nc5ccccc5s4)c4ccccc34)cc(-c3ccc(-c4nc5ccccc5s4)c4ccccc34)c2)c1. The van der Waals surface area contributed by atoms with Crippen molar-refractivity contribution in [3.8, 4) is 66.7 Å². The monoisotopic (exact) mass is 722 g/mol. The van der Waals surface area contributed by atoms with Gasteiger partial charge in [0.2, 0.25) is 0 Å². The Kier molecular flexibility index (Phi) is 7.59. The Morgan fingerprint density at radius 1 is 0.370 bits per heavy atom. The second-order valence-electron chi connectivity index (χ2n) is 13.2. The van der Waals surface area contributed by atoms with Gasteiger partial charge in [-0.2, -0.15) is 10.5 Å². The highest BCUT2D eigenvalue weighted by Gasteiger charge is 2.18. The summed E-state index contributed by atoms with van der Waals surface area (Å²) in [5, 5.41) is 26.3. The van der Waals surface area contributed by atoms with E-state index >= 15 is 0 Å². The van der Waals surface area contributed by atoms with E-state index in [0.29, 0.717) is 11.1 Å². The fourth-order valence-corrected chi connectivity index (χ4v) is 9.49. The van der Waals surface area contributed by atoms with Gasteiger partial charge >= 0.3 is 0 Å². The Balaban J connectivity index is 1.20. The highest BCUT2D eigenvalue weighted by molar-refractivity contribution is 7.22. The van der Waals surface area contributed by atoms with Gasteiger partial charge in [0, 0.05) is 11.1 Å². The molecular formula is C48H26N4S2. The molecule has 8 aromatic carbocycles. The number of hydrogen-bond acceptors (Lipinski definition) is 6. The van der Waals surface area contributed by atoms with Crippen molar-refractivity contribution in [2.24, 2.45) is 0 Å². The number of aromatic nitrogens is 2. The lowest BCUT2D eigenvalue weighted by Crippen LogP contribution is -1.91. The molecule has 6 heteroatoms. The third kappa shape index (κ3) is 5.41. The Hall–Kier alpha value is -6.96. The molecule has 0 bridgehead atoms. The van der Waals surface area contributed by atoms with Crippen LogP contribution >= 0.6 is 22.7 Å². The average Bonchev–Trinajstić information content (AvgIpc) is 3.87. The van der Waals surface area contributed by atoms with Crippen molar-refractivity contribution in [2.75, 3.05) is 0 Å². The lowest BCUT2D eigenvalue weighted by molar-refractivity contribution is 1.44. The molecule has 2 aromatic heterocycles. The van der Waals surface area contributed by atoms with Gasteiger partial charge in [0.05, 0.1) is 43.7 Å². The van der Waals surface area contributed by atoms with Crippen LogP contribution in [0.2, 0.25) is 0 Å². The number of para-hydroxylation sites is 2. The Morgan fingerprint density at radius 2 is 0.741 bits per heavy atom. The van der Waals surface area contributed by atoms with Crippen LogP contribution in [-0.2, 0) is 0 Å². The minimum absolute atomic E-state index is 0.451. The molecule has 0 aliphatic rings. The molecule has 0 atom stereocenters. The molecule has 10 aromatic rings. The summed E-state index contributed by atoms with van der Waals surface area (Å²) in [7, 11) is 0. The normalized spacial score (nSPS) is 11.3. The summed E-state index contributed by atoms with van der Waals surface area (Å²) in [5.74, 6) is 0. The fourth-order valence-electron chi connectivity index (χ4n) is 7.48. The first-order valence-electron chi connectivity index (χ1n) is 17.5. The van der Waals surface area contributed by atoms with Crippen molar-refractivity contribution >= 4 is 64.7 Å². The van der Waals surface area contributed by atoms with E-state index in [2.05, 4.69) is 140 Å². The van der Waals surface area contributed by atoms with Gasteiger partial charge in [-0.15, -0.1) is 22.7 Å². The summed E-state index contributed by atoms with van der Waals surface area (Å²) in [6, 6.07) is 58.9. The van der Waals surface area contributed by atoms with Crippen LogP contribution in [0.3, 0.4) is 0 Å². The topological polar surface area (TPSA) is 73.4 Å². The van der Waals surface area contributed by atoms with Crippen molar-refractivity contribution in [3.05, 3.63) is 169 Å². The van der Waals surface area contributed by atoms with E-state index in [1.165, 1.54) is 0 Å². The van der Waals surface area contributed by atoms with E-state index in [4.69, 9.17) is 9.97 Å². The van der Waals surface area contributed by atoms with E-state index in [0.717, 1.165) is 96.5 Å². The lowest BCUT2D eigenvalue weighted by atomic mass is 9.88. The highest BCUT2D eigenvalue weighted by Crippen LogP contribution is 2.43. The van der Waals surface area contributed by atoms with E-state index < -0.39 is 0 Å². The zero-order valence-electron chi connectivity index (χ0n) is 28.6.